The van der Waals surface area contributed by atoms with E-state index in [-0.39, 0.29) is 23.6 Å². The number of ether oxygens (including phenoxy) is 1. The summed E-state index contributed by atoms with van der Waals surface area (Å²) in [6, 6.07) is -0.188. The molecule has 118 valence electrons. The van der Waals surface area contributed by atoms with Crippen molar-refractivity contribution in [1.82, 2.24) is 25.2 Å². The number of aryl methyl sites for hydroxylation is 2. The van der Waals surface area contributed by atoms with Gasteiger partial charge in [0.05, 0.1) is 6.04 Å². The van der Waals surface area contributed by atoms with Gasteiger partial charge in [-0.2, -0.15) is 0 Å². The Morgan fingerprint density at radius 1 is 1.41 bits per heavy atom. The van der Waals surface area contributed by atoms with Crippen LogP contribution in [0.25, 0.3) is 0 Å². The van der Waals surface area contributed by atoms with Crippen molar-refractivity contribution in [2.45, 2.75) is 25.8 Å². The average Bonchev–Trinajstić information content (AvgIpc) is 3.14. The molecule has 1 amide bonds. The average molecular weight is 305 g/mol. The first-order valence-corrected chi connectivity index (χ1v) is 7.32. The van der Waals surface area contributed by atoms with E-state index in [9.17, 15) is 4.79 Å². The van der Waals surface area contributed by atoms with Crippen LogP contribution in [-0.2, 0) is 11.8 Å². The third kappa shape index (κ3) is 2.87. The quantitative estimate of drug-likeness (QED) is 0.905. The SMILES string of the molecule is Cc1nonc1C(=O)NC(c1nccn1C)C1CCOCC1. The van der Waals surface area contributed by atoms with Crippen LogP contribution in [0.1, 0.15) is 40.9 Å². The van der Waals surface area contributed by atoms with Crippen LogP contribution in [0.4, 0.5) is 0 Å². The van der Waals surface area contributed by atoms with Gasteiger partial charge in [0.25, 0.3) is 5.91 Å². The summed E-state index contributed by atoms with van der Waals surface area (Å²) >= 11 is 0. The van der Waals surface area contributed by atoms with E-state index in [2.05, 4.69) is 25.2 Å². The molecule has 2 aromatic heterocycles. The summed E-state index contributed by atoms with van der Waals surface area (Å²) < 4.78 is 11.9. The second kappa shape index (κ2) is 6.27. The fraction of sp³-hybridized carbons (Fsp3) is 0.571. The zero-order valence-corrected chi connectivity index (χ0v) is 12.7. The van der Waals surface area contributed by atoms with E-state index in [4.69, 9.17) is 4.74 Å². The number of nitrogens with one attached hydrogen (secondary N) is 1. The van der Waals surface area contributed by atoms with Crippen LogP contribution in [0, 0.1) is 12.8 Å². The van der Waals surface area contributed by atoms with Crippen molar-refractivity contribution >= 4 is 5.91 Å². The molecule has 0 saturated carbocycles. The summed E-state index contributed by atoms with van der Waals surface area (Å²) in [7, 11) is 1.92. The van der Waals surface area contributed by atoms with Crippen molar-refractivity contribution in [3.05, 3.63) is 29.6 Å². The van der Waals surface area contributed by atoms with E-state index < -0.39 is 0 Å². The van der Waals surface area contributed by atoms with Crippen LogP contribution < -0.4 is 5.32 Å². The molecule has 1 N–H and O–H groups in total. The van der Waals surface area contributed by atoms with Crippen LogP contribution in [-0.4, -0.2) is 39.0 Å². The first-order valence-electron chi connectivity index (χ1n) is 7.32. The van der Waals surface area contributed by atoms with Crippen molar-refractivity contribution in [3.8, 4) is 0 Å². The van der Waals surface area contributed by atoms with Crippen LogP contribution >= 0.6 is 0 Å². The number of rotatable bonds is 4. The van der Waals surface area contributed by atoms with E-state index in [1.54, 1.807) is 13.1 Å². The molecule has 8 nitrogen and oxygen atoms in total. The molecule has 0 bridgehead atoms. The number of aromatic nitrogens is 4. The van der Waals surface area contributed by atoms with Gasteiger partial charge in [-0.15, -0.1) is 0 Å². The first-order chi connectivity index (χ1) is 10.7. The summed E-state index contributed by atoms with van der Waals surface area (Å²) in [4.78, 5) is 16.8. The molecule has 8 heteroatoms. The number of imidazole rings is 1. The summed E-state index contributed by atoms with van der Waals surface area (Å²) in [6.07, 6.45) is 5.37. The lowest BCUT2D eigenvalue weighted by Gasteiger charge is -2.30. The molecule has 0 aliphatic carbocycles. The van der Waals surface area contributed by atoms with Gasteiger partial charge in [-0.25, -0.2) is 9.61 Å². The molecule has 3 heterocycles. The second-order valence-electron chi connectivity index (χ2n) is 5.50. The summed E-state index contributed by atoms with van der Waals surface area (Å²) in [5.41, 5.74) is 0.689. The number of amides is 1. The molecule has 3 rings (SSSR count). The van der Waals surface area contributed by atoms with E-state index in [1.165, 1.54) is 0 Å². The van der Waals surface area contributed by atoms with E-state index in [0.717, 1.165) is 18.7 Å². The third-order valence-electron chi connectivity index (χ3n) is 4.03. The van der Waals surface area contributed by atoms with Gasteiger partial charge in [0.1, 0.15) is 11.5 Å². The Labute approximate surface area is 127 Å². The fourth-order valence-electron chi connectivity index (χ4n) is 2.77. The van der Waals surface area contributed by atoms with E-state index >= 15 is 0 Å². The summed E-state index contributed by atoms with van der Waals surface area (Å²) in [5, 5.41) is 10.4. The smallest absolute Gasteiger partial charge is 0.276 e. The first kappa shape index (κ1) is 14.7. The van der Waals surface area contributed by atoms with Crippen LogP contribution in [0.15, 0.2) is 17.0 Å². The highest BCUT2D eigenvalue weighted by Crippen LogP contribution is 2.29. The molecule has 1 atom stereocenters. The zero-order chi connectivity index (χ0) is 15.5. The fourth-order valence-corrected chi connectivity index (χ4v) is 2.77. The molecule has 1 aliphatic rings. The maximum Gasteiger partial charge on any atom is 0.276 e. The number of nitrogens with zero attached hydrogens (tertiary/aromatic N) is 4. The van der Waals surface area contributed by atoms with Crippen LogP contribution in [0.2, 0.25) is 0 Å². The molecule has 1 saturated heterocycles. The molecule has 2 aromatic rings. The Hall–Kier alpha value is -2.22. The molecule has 22 heavy (non-hydrogen) atoms. The van der Waals surface area contributed by atoms with Gasteiger partial charge in [0, 0.05) is 32.7 Å². The van der Waals surface area contributed by atoms with Crippen molar-refractivity contribution in [1.29, 1.82) is 0 Å². The molecule has 0 radical (unpaired) electrons. The normalized spacial score (nSPS) is 17.4. The number of carbonyl (C=O) groups excluding carboxylic acids is 1. The van der Waals surface area contributed by atoms with Crippen molar-refractivity contribution < 1.29 is 14.2 Å². The highest BCUT2D eigenvalue weighted by Gasteiger charge is 2.31. The van der Waals surface area contributed by atoms with Gasteiger partial charge in [-0.3, -0.25) is 4.79 Å². The summed E-state index contributed by atoms with van der Waals surface area (Å²) in [5.74, 6) is 0.812. The van der Waals surface area contributed by atoms with Crippen molar-refractivity contribution in [2.75, 3.05) is 13.2 Å². The minimum atomic E-state index is -0.293. The second-order valence-corrected chi connectivity index (χ2v) is 5.50. The van der Waals surface area contributed by atoms with Crippen LogP contribution in [0.3, 0.4) is 0 Å². The monoisotopic (exact) mass is 305 g/mol. The van der Waals surface area contributed by atoms with Gasteiger partial charge in [0.15, 0.2) is 5.69 Å². The Bertz CT molecular complexity index is 644. The maximum absolute atomic E-state index is 12.4. The standard InChI is InChI=1S/C14H19N5O3/c1-9-11(18-22-17-9)14(20)16-12(10-3-7-21-8-4-10)13-15-5-6-19(13)2/h5-6,10,12H,3-4,7-8H2,1-2H3,(H,16,20). The van der Waals surface area contributed by atoms with Crippen molar-refractivity contribution in [2.24, 2.45) is 13.0 Å². The zero-order valence-electron chi connectivity index (χ0n) is 12.7. The van der Waals surface area contributed by atoms with E-state index in [0.29, 0.717) is 18.9 Å². The Morgan fingerprint density at radius 3 is 2.77 bits per heavy atom. The molecule has 0 aromatic carbocycles. The van der Waals surface area contributed by atoms with Gasteiger partial charge in [-0.05, 0) is 30.8 Å². The predicted molar refractivity (Wildman–Crippen MR) is 76.0 cm³/mol. The highest BCUT2D eigenvalue weighted by molar-refractivity contribution is 5.93. The minimum absolute atomic E-state index is 0.188. The number of hydrogen-bond donors (Lipinski definition) is 1. The molecule has 1 fully saturated rings. The molecule has 0 spiro atoms. The summed E-state index contributed by atoms with van der Waals surface area (Å²) in [6.45, 7) is 3.09. The van der Waals surface area contributed by atoms with Crippen LogP contribution in [0.5, 0.6) is 0 Å². The molecule has 1 unspecified atom stereocenters. The Morgan fingerprint density at radius 2 is 2.18 bits per heavy atom. The third-order valence-corrected chi connectivity index (χ3v) is 4.03. The lowest BCUT2D eigenvalue weighted by Crippen LogP contribution is -2.37. The maximum atomic E-state index is 12.4. The molecular weight excluding hydrogens is 286 g/mol. The number of carbonyl (C=O) groups is 1. The van der Waals surface area contributed by atoms with Gasteiger partial charge in [0.2, 0.25) is 0 Å². The van der Waals surface area contributed by atoms with Gasteiger partial charge >= 0.3 is 0 Å². The highest BCUT2D eigenvalue weighted by atomic mass is 16.6. The largest absolute Gasteiger partial charge is 0.381 e. The lowest BCUT2D eigenvalue weighted by molar-refractivity contribution is 0.0497. The van der Waals surface area contributed by atoms with Gasteiger partial charge < -0.3 is 14.6 Å². The Balaban J connectivity index is 1.84. The van der Waals surface area contributed by atoms with Crippen molar-refractivity contribution in [3.63, 3.8) is 0 Å². The number of hydrogen-bond acceptors (Lipinski definition) is 6. The minimum Gasteiger partial charge on any atom is -0.381 e. The topological polar surface area (TPSA) is 95.1 Å². The van der Waals surface area contributed by atoms with E-state index in [1.807, 2.05) is 17.8 Å². The predicted octanol–water partition coefficient (Wildman–Crippen LogP) is 1.01. The lowest BCUT2D eigenvalue weighted by atomic mass is 9.91. The molecule has 1 aliphatic heterocycles. The molecular formula is C14H19N5O3. The van der Waals surface area contributed by atoms with Gasteiger partial charge in [-0.1, -0.05) is 5.16 Å². The Kier molecular flexibility index (Phi) is 4.19.